The standard InChI is InChI=1S/C71H123N15O14/c1-26-28-29-44(15)59(100-71(99)50(78-60(88)45(16)72)34-48-35-73-37-74-48)58-64(92)77-49(27-2)66(94)80(19)36-55(87)81(20)51(30-38(3)4)63(91)79-56(42(11)12)69(97)82(21)52(31-39(5)6)62(90)75-46(17)61(89)76-47(18)65(93)83(22)53(32-40(7)8)67(95)84(23)54(33-41(9)10)68(96)85(24)57(43(13)14)70(98)86(58)25/h26,28,35,37-47,49-54,56-59H,27,29-34,36,72H2,1-25H3,(H,73,74)(H,75,90)(H,76,89)(H,77,92)(H,78,88)(H,79,91)/b28-26+/t44-,45+,46+,47-,49+,50+,51+,52+,53+,54+,56+,57+,58+,59-/m1/s1. The van der Waals surface area contributed by atoms with Gasteiger partial charge in [0.2, 0.25) is 70.9 Å². The molecule has 0 radical (unpaired) electrons. The van der Waals surface area contributed by atoms with Crippen LogP contribution in [0.2, 0.25) is 0 Å². The first-order chi connectivity index (χ1) is 46.4. The van der Waals surface area contributed by atoms with Crippen LogP contribution in [0.5, 0.6) is 0 Å². The lowest BCUT2D eigenvalue weighted by Gasteiger charge is -2.42. The van der Waals surface area contributed by atoms with E-state index in [1.54, 1.807) is 60.6 Å². The number of hydrogen-bond donors (Lipinski definition) is 7. The Bertz CT molecular complexity index is 2970. The Kier molecular flexibility index (Phi) is 35.6. The molecule has 0 saturated carbocycles. The van der Waals surface area contributed by atoms with Crippen molar-refractivity contribution in [2.45, 2.75) is 248 Å². The van der Waals surface area contributed by atoms with E-state index >= 15 is 19.2 Å². The molecule has 100 heavy (non-hydrogen) atoms. The van der Waals surface area contributed by atoms with E-state index in [1.807, 2.05) is 55.4 Å². The van der Waals surface area contributed by atoms with Gasteiger partial charge in [-0.3, -0.25) is 57.5 Å². The van der Waals surface area contributed by atoms with Crippen LogP contribution in [0.4, 0.5) is 0 Å². The summed E-state index contributed by atoms with van der Waals surface area (Å²) < 4.78 is 6.43. The number of carbonyl (C=O) groups is 13. The Balaban J connectivity index is 3.19. The van der Waals surface area contributed by atoms with E-state index in [2.05, 4.69) is 36.6 Å². The Labute approximate surface area is 594 Å². The molecule has 14 atom stereocenters. The van der Waals surface area contributed by atoms with Crippen LogP contribution in [0.1, 0.15) is 169 Å². The number of H-pyrrole nitrogens is 1. The van der Waals surface area contributed by atoms with E-state index < -0.39 is 180 Å². The van der Waals surface area contributed by atoms with Gasteiger partial charge < -0.3 is 76.3 Å². The summed E-state index contributed by atoms with van der Waals surface area (Å²) in [6.45, 7) is 30.3. The highest BCUT2D eigenvalue weighted by Gasteiger charge is 2.48. The summed E-state index contributed by atoms with van der Waals surface area (Å²) in [4.78, 5) is 207. The van der Waals surface area contributed by atoms with Crippen molar-refractivity contribution in [1.82, 2.24) is 70.9 Å². The lowest BCUT2D eigenvalue weighted by Crippen LogP contribution is -2.64. The SMILES string of the molecule is C/C=C/C[C@@H](C)[C@@H](OC(=O)[C@H](Cc1cnc[nH]1)NC(=O)[C@H](C)N)[C@H]1C(=O)N[C@@H](CC)C(=O)N(C)CC(=O)N(C)[C@@H](CC(C)C)C(=O)N[C@@H](C(C)C)C(=O)N(C)[C@@H](CC(C)C)C(=O)N[C@@H](C)C(=O)N[C@H](C)C(=O)N(C)[C@@H](CC(C)C)C(=O)N(C)[C@@H](CC(C)C)C(=O)N(C)[C@@H](C(C)C)C(=O)N1C. The number of nitrogens with zero attached hydrogens (tertiary/aromatic N) is 8. The molecule has 0 unspecified atom stereocenters. The van der Waals surface area contributed by atoms with Crippen molar-refractivity contribution in [3.05, 3.63) is 30.4 Å². The molecule has 1 saturated heterocycles. The summed E-state index contributed by atoms with van der Waals surface area (Å²) in [5, 5.41) is 13.7. The van der Waals surface area contributed by atoms with Crippen LogP contribution in [-0.2, 0) is 73.5 Å². The summed E-state index contributed by atoms with van der Waals surface area (Å²) in [6, 6.07) is -15.7. The summed E-state index contributed by atoms with van der Waals surface area (Å²) in [6.07, 6.45) is 5.05. The predicted octanol–water partition coefficient (Wildman–Crippen LogP) is 2.62. The molecule has 29 heteroatoms. The second kappa shape index (κ2) is 40.5. The fraction of sp³-hybridized carbons (Fsp3) is 0.746. The minimum atomic E-state index is -1.82. The van der Waals surface area contributed by atoms with E-state index in [1.165, 1.54) is 107 Å². The van der Waals surface area contributed by atoms with Crippen LogP contribution in [0.15, 0.2) is 24.7 Å². The molecule has 0 aliphatic carbocycles. The maximum Gasteiger partial charge on any atom is 0.329 e. The number of nitrogens with one attached hydrogen (secondary N) is 6. The zero-order valence-corrected chi connectivity index (χ0v) is 64.4. The number of amides is 12. The van der Waals surface area contributed by atoms with Gasteiger partial charge in [-0.15, -0.1) is 0 Å². The van der Waals surface area contributed by atoms with Crippen molar-refractivity contribution in [3.63, 3.8) is 0 Å². The fourth-order valence-corrected chi connectivity index (χ4v) is 12.2. The minimum Gasteiger partial charge on any atom is -0.458 e. The molecule has 1 aromatic rings. The van der Waals surface area contributed by atoms with Crippen LogP contribution in [0.3, 0.4) is 0 Å². The van der Waals surface area contributed by atoms with Gasteiger partial charge in [-0.25, -0.2) is 9.78 Å². The van der Waals surface area contributed by atoms with E-state index in [0.717, 1.165) is 9.80 Å². The number of rotatable bonds is 21. The van der Waals surface area contributed by atoms with Gasteiger partial charge in [0.05, 0.1) is 18.9 Å². The van der Waals surface area contributed by atoms with Gasteiger partial charge in [0, 0.05) is 67.6 Å². The molecule has 0 spiro atoms. The van der Waals surface area contributed by atoms with Crippen molar-refractivity contribution in [2.75, 3.05) is 55.9 Å². The van der Waals surface area contributed by atoms with E-state index in [0.29, 0.717) is 5.69 Å². The largest absolute Gasteiger partial charge is 0.458 e. The second-order valence-corrected chi connectivity index (χ2v) is 29.6. The van der Waals surface area contributed by atoms with Crippen molar-refractivity contribution in [1.29, 1.82) is 0 Å². The van der Waals surface area contributed by atoms with Gasteiger partial charge in [0.15, 0.2) is 0 Å². The number of imidazole rings is 1. The van der Waals surface area contributed by atoms with Gasteiger partial charge >= 0.3 is 5.97 Å². The smallest absolute Gasteiger partial charge is 0.329 e. The lowest BCUT2D eigenvalue weighted by atomic mass is 9.91. The molecule has 2 heterocycles. The van der Waals surface area contributed by atoms with E-state index in [-0.39, 0.29) is 68.6 Å². The van der Waals surface area contributed by atoms with Gasteiger partial charge in [0.25, 0.3) is 0 Å². The minimum absolute atomic E-state index is 0.0731. The third-order valence-electron chi connectivity index (χ3n) is 18.3. The first kappa shape index (κ1) is 88.1. The molecule has 29 nitrogen and oxygen atoms in total. The molecule has 566 valence electrons. The second-order valence-electron chi connectivity index (χ2n) is 29.6. The Hall–Kier alpha value is -7.98. The lowest BCUT2D eigenvalue weighted by molar-refractivity contribution is -0.167. The number of nitrogens with two attached hydrogens (primary N) is 1. The Morgan fingerprint density at radius 2 is 1.04 bits per heavy atom. The van der Waals surface area contributed by atoms with Gasteiger partial charge in [-0.1, -0.05) is 109 Å². The topological polar surface area (TPSA) is 369 Å². The quantitative estimate of drug-likeness (QED) is 0.0687. The molecule has 12 amide bonds. The van der Waals surface area contributed by atoms with E-state index in [9.17, 15) is 43.2 Å². The molecular formula is C71H123N15O14. The number of aromatic nitrogens is 2. The maximum atomic E-state index is 15.9. The summed E-state index contributed by atoms with van der Waals surface area (Å²) in [5.41, 5.74) is 6.40. The van der Waals surface area contributed by atoms with Crippen LogP contribution in [0.25, 0.3) is 0 Å². The molecule has 1 aliphatic rings. The molecule has 1 fully saturated rings. The van der Waals surface area contributed by atoms with Crippen LogP contribution in [0, 0.1) is 41.4 Å². The van der Waals surface area contributed by atoms with Gasteiger partial charge in [-0.2, -0.15) is 0 Å². The number of allylic oxidation sites excluding steroid dienone is 2. The number of esters is 1. The first-order valence-corrected chi connectivity index (χ1v) is 35.3. The summed E-state index contributed by atoms with van der Waals surface area (Å²) in [5.74, 6) is -12.7. The first-order valence-electron chi connectivity index (χ1n) is 35.3. The number of aromatic amines is 1. The number of carbonyl (C=O) groups excluding carboxylic acids is 13. The van der Waals surface area contributed by atoms with Crippen LogP contribution >= 0.6 is 0 Å². The average molecular weight is 1410 g/mol. The number of ether oxygens (including phenoxy) is 1. The third kappa shape index (κ3) is 25.0. The highest BCUT2D eigenvalue weighted by Crippen LogP contribution is 2.28. The third-order valence-corrected chi connectivity index (χ3v) is 18.3. The maximum absolute atomic E-state index is 15.9. The summed E-state index contributed by atoms with van der Waals surface area (Å²) >= 11 is 0. The average Bonchev–Trinajstić information content (AvgIpc) is 0.831. The van der Waals surface area contributed by atoms with Crippen LogP contribution in [-0.4, -0.2) is 256 Å². The van der Waals surface area contributed by atoms with Crippen molar-refractivity contribution >= 4 is 76.9 Å². The normalized spacial score (nSPS) is 25.2. The monoisotopic (exact) mass is 1410 g/mol. The van der Waals surface area contributed by atoms with Crippen molar-refractivity contribution in [2.24, 2.45) is 47.2 Å². The molecule has 8 N–H and O–H groups in total. The molecular weight excluding hydrogens is 1290 g/mol. The van der Waals surface area contributed by atoms with Crippen molar-refractivity contribution in [3.8, 4) is 0 Å². The number of likely N-dealkylation sites (N-methyl/N-ethyl adjacent to an activating group) is 7. The van der Waals surface area contributed by atoms with E-state index in [4.69, 9.17) is 10.5 Å². The predicted molar refractivity (Wildman–Crippen MR) is 380 cm³/mol. The molecule has 1 aliphatic heterocycles. The summed E-state index contributed by atoms with van der Waals surface area (Å²) in [7, 11) is 9.70. The Morgan fingerprint density at radius 3 is 1.51 bits per heavy atom. The van der Waals surface area contributed by atoms with Gasteiger partial charge in [-0.05, 0) is 108 Å². The van der Waals surface area contributed by atoms with Crippen molar-refractivity contribution < 1.29 is 67.1 Å². The fourth-order valence-electron chi connectivity index (χ4n) is 12.2. The highest BCUT2D eigenvalue weighted by molar-refractivity contribution is 6.00. The molecule has 0 aromatic carbocycles. The molecule has 0 bridgehead atoms. The highest BCUT2D eigenvalue weighted by atomic mass is 16.5. The Morgan fingerprint density at radius 1 is 0.570 bits per heavy atom. The number of hydrogen-bond acceptors (Lipinski definition) is 16. The zero-order valence-electron chi connectivity index (χ0n) is 64.4. The van der Waals surface area contributed by atoms with Gasteiger partial charge in [0.1, 0.15) is 72.6 Å². The molecule has 1 aromatic heterocycles. The molecule has 2 rings (SSSR count). The van der Waals surface area contributed by atoms with Crippen LogP contribution < -0.4 is 32.3 Å². The zero-order chi connectivity index (χ0) is 76.8.